The minimum atomic E-state index is -0.0737. The van der Waals surface area contributed by atoms with Crippen LogP contribution in [0.2, 0.25) is 0 Å². The highest BCUT2D eigenvalue weighted by Crippen LogP contribution is 2.19. The Balaban J connectivity index is 2.91. The molecule has 1 aromatic rings. The number of hydroxylamine groups is 2. The van der Waals surface area contributed by atoms with Gasteiger partial charge in [-0.05, 0) is 29.7 Å². The maximum Gasteiger partial charge on any atom is 0.250 e. The largest absolute Gasteiger partial charge is 0.497 e. The van der Waals surface area contributed by atoms with Gasteiger partial charge in [-0.15, -0.1) is 0 Å². The number of hydrogen-bond acceptors (Lipinski definition) is 3. The predicted octanol–water partition coefficient (Wildman–Crippen LogP) is 1.82. The molecule has 1 aromatic carbocycles. The molecule has 0 spiro atoms. The first-order chi connectivity index (χ1) is 8.12. The average Bonchev–Trinajstić information content (AvgIpc) is 2.37. The predicted molar refractivity (Wildman–Crippen MR) is 65.9 cm³/mol. The monoisotopic (exact) mass is 237 g/mol. The van der Waals surface area contributed by atoms with E-state index in [9.17, 15) is 4.79 Å². The van der Waals surface area contributed by atoms with Crippen LogP contribution < -0.4 is 4.74 Å². The van der Waals surface area contributed by atoms with Gasteiger partial charge in [0, 0.05) is 7.05 Å². The number of ether oxygens (including phenoxy) is 1. The number of carbonyl (C=O) groups is 1. The first-order valence-corrected chi connectivity index (χ1v) is 5.58. The van der Waals surface area contributed by atoms with Crippen molar-refractivity contribution in [3.63, 3.8) is 0 Å². The summed E-state index contributed by atoms with van der Waals surface area (Å²) in [5.41, 5.74) is 2.14. The van der Waals surface area contributed by atoms with E-state index in [4.69, 9.17) is 9.57 Å². The maximum atomic E-state index is 11.8. The van der Waals surface area contributed by atoms with E-state index in [1.54, 1.807) is 14.2 Å². The summed E-state index contributed by atoms with van der Waals surface area (Å²) in [7, 11) is 4.70. The molecule has 0 heterocycles. The van der Waals surface area contributed by atoms with E-state index in [1.165, 1.54) is 12.2 Å². The van der Waals surface area contributed by atoms with Crippen LogP contribution in [0.25, 0.3) is 0 Å². The van der Waals surface area contributed by atoms with Crippen molar-refractivity contribution in [2.24, 2.45) is 0 Å². The first-order valence-electron chi connectivity index (χ1n) is 5.58. The second kappa shape index (κ2) is 6.25. The lowest BCUT2D eigenvalue weighted by atomic mass is 10.0. The van der Waals surface area contributed by atoms with Gasteiger partial charge in [0.1, 0.15) is 5.75 Å². The summed E-state index contributed by atoms with van der Waals surface area (Å²) in [6, 6.07) is 5.81. The molecule has 0 radical (unpaired) electrons. The Labute approximate surface area is 102 Å². The lowest BCUT2D eigenvalue weighted by Gasteiger charge is -2.15. The van der Waals surface area contributed by atoms with Gasteiger partial charge in [-0.2, -0.15) is 0 Å². The Hall–Kier alpha value is -1.55. The van der Waals surface area contributed by atoms with E-state index in [0.29, 0.717) is 6.42 Å². The van der Waals surface area contributed by atoms with Crippen LogP contribution in [0.3, 0.4) is 0 Å². The molecular formula is C13H19NO3. The Kier molecular flexibility index (Phi) is 4.97. The number of carbonyl (C=O) groups excluding carboxylic acids is 1. The SMILES string of the molecule is CCc1ccc(OC)cc1CC(=O)N(C)OC. The molecule has 0 saturated carbocycles. The molecule has 0 aromatic heterocycles. The van der Waals surface area contributed by atoms with Crippen LogP contribution in [0.15, 0.2) is 18.2 Å². The Morgan fingerprint density at radius 3 is 2.53 bits per heavy atom. The number of likely N-dealkylation sites (N-methyl/N-ethyl adjacent to an activating group) is 1. The number of aryl methyl sites for hydroxylation is 1. The zero-order valence-corrected chi connectivity index (χ0v) is 10.8. The van der Waals surface area contributed by atoms with Crippen LogP contribution in [0.1, 0.15) is 18.1 Å². The van der Waals surface area contributed by atoms with Gasteiger partial charge in [-0.3, -0.25) is 9.63 Å². The molecule has 0 aliphatic heterocycles. The van der Waals surface area contributed by atoms with Crippen LogP contribution in [0.4, 0.5) is 0 Å². The fraction of sp³-hybridized carbons (Fsp3) is 0.462. The molecule has 0 N–H and O–H groups in total. The number of rotatable bonds is 5. The van der Waals surface area contributed by atoms with Gasteiger partial charge >= 0.3 is 0 Å². The number of amides is 1. The van der Waals surface area contributed by atoms with E-state index in [2.05, 4.69) is 6.92 Å². The summed E-state index contributed by atoms with van der Waals surface area (Å²) in [5, 5.41) is 1.24. The molecule has 4 nitrogen and oxygen atoms in total. The highest BCUT2D eigenvalue weighted by molar-refractivity contribution is 5.78. The summed E-state index contributed by atoms with van der Waals surface area (Å²) in [4.78, 5) is 16.6. The highest BCUT2D eigenvalue weighted by Gasteiger charge is 2.12. The first kappa shape index (κ1) is 13.5. The molecule has 17 heavy (non-hydrogen) atoms. The van der Waals surface area contributed by atoms with Gasteiger partial charge in [0.05, 0.1) is 20.6 Å². The molecule has 4 heteroatoms. The average molecular weight is 237 g/mol. The Morgan fingerprint density at radius 2 is 2.00 bits per heavy atom. The smallest absolute Gasteiger partial charge is 0.250 e. The molecule has 0 saturated heterocycles. The van der Waals surface area contributed by atoms with Crippen LogP contribution >= 0.6 is 0 Å². The van der Waals surface area contributed by atoms with Gasteiger partial charge in [-0.1, -0.05) is 13.0 Å². The molecule has 0 bridgehead atoms. The molecule has 0 aliphatic rings. The quantitative estimate of drug-likeness (QED) is 0.733. The number of benzene rings is 1. The zero-order chi connectivity index (χ0) is 12.8. The van der Waals surface area contributed by atoms with Crippen molar-refractivity contribution in [3.8, 4) is 5.75 Å². The van der Waals surface area contributed by atoms with Crippen LogP contribution in [0.5, 0.6) is 5.75 Å². The summed E-state index contributed by atoms with van der Waals surface area (Å²) >= 11 is 0. The van der Waals surface area contributed by atoms with Gasteiger partial charge < -0.3 is 4.74 Å². The van der Waals surface area contributed by atoms with Gasteiger partial charge in [0.2, 0.25) is 5.91 Å². The summed E-state index contributed by atoms with van der Waals surface area (Å²) < 4.78 is 5.17. The maximum absolute atomic E-state index is 11.8. The molecule has 0 atom stereocenters. The summed E-state index contributed by atoms with van der Waals surface area (Å²) in [6.07, 6.45) is 1.22. The van der Waals surface area contributed by atoms with Crippen LogP contribution in [0, 0.1) is 0 Å². The molecule has 1 amide bonds. The van der Waals surface area contributed by atoms with Gasteiger partial charge in [0.25, 0.3) is 0 Å². The highest BCUT2D eigenvalue weighted by atomic mass is 16.7. The van der Waals surface area contributed by atoms with Crippen molar-refractivity contribution in [1.29, 1.82) is 0 Å². The molecule has 0 fully saturated rings. The van der Waals surface area contributed by atoms with E-state index in [0.717, 1.165) is 23.3 Å². The fourth-order valence-corrected chi connectivity index (χ4v) is 1.61. The number of nitrogens with zero attached hydrogens (tertiary/aromatic N) is 1. The van der Waals surface area contributed by atoms with E-state index in [-0.39, 0.29) is 5.91 Å². The van der Waals surface area contributed by atoms with Gasteiger partial charge in [-0.25, -0.2) is 5.06 Å². The van der Waals surface area contributed by atoms with Gasteiger partial charge in [0.15, 0.2) is 0 Å². The topological polar surface area (TPSA) is 38.8 Å². The lowest BCUT2D eigenvalue weighted by Crippen LogP contribution is -2.27. The minimum Gasteiger partial charge on any atom is -0.497 e. The second-order valence-corrected chi connectivity index (χ2v) is 3.74. The van der Waals surface area contributed by atoms with E-state index in [1.807, 2.05) is 18.2 Å². The standard InChI is InChI=1S/C13H19NO3/c1-5-10-6-7-12(16-3)8-11(10)9-13(15)14(2)17-4/h6-8H,5,9H2,1-4H3. The second-order valence-electron chi connectivity index (χ2n) is 3.74. The fourth-order valence-electron chi connectivity index (χ4n) is 1.61. The minimum absolute atomic E-state index is 0.0737. The summed E-state index contributed by atoms with van der Waals surface area (Å²) in [5.74, 6) is 0.695. The lowest BCUT2D eigenvalue weighted by molar-refractivity contribution is -0.167. The molecule has 0 aliphatic carbocycles. The van der Waals surface area contributed by atoms with E-state index >= 15 is 0 Å². The Morgan fingerprint density at radius 1 is 1.29 bits per heavy atom. The zero-order valence-electron chi connectivity index (χ0n) is 10.8. The van der Waals surface area contributed by atoms with Crippen molar-refractivity contribution in [1.82, 2.24) is 5.06 Å². The molecule has 1 rings (SSSR count). The normalized spacial score (nSPS) is 10.1. The van der Waals surface area contributed by atoms with Crippen LogP contribution in [-0.4, -0.2) is 32.2 Å². The number of hydrogen-bond donors (Lipinski definition) is 0. The number of methoxy groups -OCH3 is 1. The third kappa shape index (κ3) is 3.46. The summed E-state index contributed by atoms with van der Waals surface area (Å²) in [6.45, 7) is 2.07. The van der Waals surface area contributed by atoms with Crippen molar-refractivity contribution in [2.75, 3.05) is 21.3 Å². The third-order valence-electron chi connectivity index (χ3n) is 2.76. The van der Waals surface area contributed by atoms with Crippen LogP contribution in [-0.2, 0) is 22.5 Å². The third-order valence-corrected chi connectivity index (χ3v) is 2.76. The van der Waals surface area contributed by atoms with Crippen molar-refractivity contribution in [3.05, 3.63) is 29.3 Å². The van der Waals surface area contributed by atoms with E-state index < -0.39 is 0 Å². The molecular weight excluding hydrogens is 218 g/mol. The van der Waals surface area contributed by atoms with Crippen molar-refractivity contribution < 1.29 is 14.4 Å². The van der Waals surface area contributed by atoms with Crippen molar-refractivity contribution in [2.45, 2.75) is 19.8 Å². The Bertz CT molecular complexity index is 390. The molecule has 94 valence electrons. The van der Waals surface area contributed by atoms with Crippen molar-refractivity contribution >= 4 is 5.91 Å². The molecule has 0 unspecified atom stereocenters.